The standard InChI is InChI=1S/C12H15N3O2/c1-7-11(17-8(2)14-7)12(16)15-10-5-3-4-9(10)6-13/h9-10H,3-5H2,1-2H3,(H,15,16). The second-order valence-corrected chi connectivity index (χ2v) is 4.39. The fourth-order valence-corrected chi connectivity index (χ4v) is 2.26. The van der Waals surface area contributed by atoms with Crippen LogP contribution in [0.25, 0.3) is 0 Å². The minimum absolute atomic E-state index is 0.0580. The van der Waals surface area contributed by atoms with Gasteiger partial charge >= 0.3 is 0 Å². The van der Waals surface area contributed by atoms with E-state index >= 15 is 0 Å². The van der Waals surface area contributed by atoms with Gasteiger partial charge in [0, 0.05) is 13.0 Å². The van der Waals surface area contributed by atoms with Crippen molar-refractivity contribution in [2.24, 2.45) is 5.92 Å². The molecule has 0 bridgehead atoms. The molecule has 1 heterocycles. The Morgan fingerprint density at radius 1 is 1.53 bits per heavy atom. The van der Waals surface area contributed by atoms with E-state index in [-0.39, 0.29) is 23.6 Å². The van der Waals surface area contributed by atoms with Crippen LogP contribution in [0.15, 0.2) is 4.42 Å². The highest BCUT2D eigenvalue weighted by Gasteiger charge is 2.30. The van der Waals surface area contributed by atoms with Crippen LogP contribution in [0.1, 0.15) is 41.4 Å². The number of amides is 1. The first-order chi connectivity index (χ1) is 8.11. The highest BCUT2D eigenvalue weighted by molar-refractivity contribution is 5.92. The molecule has 1 amide bonds. The van der Waals surface area contributed by atoms with Gasteiger partial charge in [0.1, 0.15) is 0 Å². The van der Waals surface area contributed by atoms with E-state index in [1.165, 1.54) is 0 Å². The average molecular weight is 233 g/mol. The van der Waals surface area contributed by atoms with Gasteiger partial charge in [0.25, 0.3) is 5.91 Å². The second-order valence-electron chi connectivity index (χ2n) is 4.39. The summed E-state index contributed by atoms with van der Waals surface area (Å²) in [6, 6.07) is 2.17. The lowest BCUT2D eigenvalue weighted by atomic mass is 10.1. The zero-order valence-electron chi connectivity index (χ0n) is 9.99. The Morgan fingerprint density at radius 3 is 2.88 bits per heavy atom. The van der Waals surface area contributed by atoms with E-state index in [0.717, 1.165) is 19.3 Å². The minimum Gasteiger partial charge on any atom is -0.436 e. The molecular weight excluding hydrogens is 218 g/mol. The van der Waals surface area contributed by atoms with Crippen LogP contribution in [-0.2, 0) is 0 Å². The normalized spacial score (nSPS) is 23.4. The van der Waals surface area contributed by atoms with Gasteiger partial charge in [-0.15, -0.1) is 0 Å². The largest absolute Gasteiger partial charge is 0.436 e. The molecule has 0 saturated heterocycles. The van der Waals surface area contributed by atoms with Crippen molar-refractivity contribution in [2.45, 2.75) is 39.2 Å². The van der Waals surface area contributed by atoms with E-state index in [2.05, 4.69) is 16.4 Å². The highest BCUT2D eigenvalue weighted by Crippen LogP contribution is 2.25. The topological polar surface area (TPSA) is 78.9 Å². The molecule has 0 aromatic carbocycles. The molecule has 0 spiro atoms. The summed E-state index contributed by atoms with van der Waals surface area (Å²) in [7, 11) is 0. The van der Waals surface area contributed by atoms with Crippen molar-refractivity contribution >= 4 is 5.91 Å². The fourth-order valence-electron chi connectivity index (χ4n) is 2.26. The van der Waals surface area contributed by atoms with Gasteiger partial charge < -0.3 is 9.73 Å². The van der Waals surface area contributed by atoms with Gasteiger partial charge in [0.2, 0.25) is 5.76 Å². The Kier molecular flexibility index (Phi) is 3.14. The maximum absolute atomic E-state index is 11.9. The number of aromatic nitrogens is 1. The second kappa shape index (κ2) is 4.58. The molecule has 2 rings (SSSR count). The van der Waals surface area contributed by atoms with Crippen molar-refractivity contribution in [3.05, 3.63) is 17.3 Å². The lowest BCUT2D eigenvalue weighted by Gasteiger charge is -2.14. The van der Waals surface area contributed by atoms with E-state index in [0.29, 0.717) is 11.6 Å². The van der Waals surface area contributed by atoms with Gasteiger partial charge in [-0.1, -0.05) is 0 Å². The summed E-state index contributed by atoms with van der Waals surface area (Å²) in [5, 5.41) is 11.8. The Bertz CT molecular complexity index is 473. The molecule has 1 aromatic heterocycles. The Balaban J connectivity index is 2.07. The Labute approximate surface area is 99.8 Å². The van der Waals surface area contributed by atoms with Gasteiger partial charge in [-0.3, -0.25) is 4.79 Å². The van der Waals surface area contributed by atoms with Crippen molar-refractivity contribution in [3.63, 3.8) is 0 Å². The Hall–Kier alpha value is -1.83. The number of hydrogen-bond acceptors (Lipinski definition) is 4. The summed E-state index contributed by atoms with van der Waals surface area (Å²) in [6.07, 6.45) is 2.70. The summed E-state index contributed by atoms with van der Waals surface area (Å²) in [5.41, 5.74) is 0.589. The monoisotopic (exact) mass is 233 g/mol. The van der Waals surface area contributed by atoms with Crippen molar-refractivity contribution in [2.75, 3.05) is 0 Å². The summed E-state index contributed by atoms with van der Waals surface area (Å²) in [4.78, 5) is 16.0. The molecule has 1 aliphatic rings. The van der Waals surface area contributed by atoms with Crippen LogP contribution in [-0.4, -0.2) is 16.9 Å². The molecule has 1 aliphatic carbocycles. The minimum atomic E-state index is -0.268. The van der Waals surface area contributed by atoms with Crippen LogP contribution in [0.3, 0.4) is 0 Å². The fraction of sp³-hybridized carbons (Fsp3) is 0.583. The van der Waals surface area contributed by atoms with E-state index in [1.54, 1.807) is 13.8 Å². The number of rotatable bonds is 2. The van der Waals surface area contributed by atoms with Crippen molar-refractivity contribution in [3.8, 4) is 6.07 Å². The van der Waals surface area contributed by atoms with Crippen molar-refractivity contribution in [1.82, 2.24) is 10.3 Å². The van der Waals surface area contributed by atoms with Gasteiger partial charge in [-0.25, -0.2) is 4.98 Å². The molecule has 90 valence electrons. The van der Waals surface area contributed by atoms with Gasteiger partial charge in [-0.05, 0) is 26.2 Å². The van der Waals surface area contributed by atoms with Crippen LogP contribution in [0, 0.1) is 31.1 Å². The molecule has 1 N–H and O–H groups in total. The number of oxazole rings is 1. The molecule has 2 unspecified atom stereocenters. The predicted octanol–water partition coefficient (Wildman–Crippen LogP) is 1.71. The summed E-state index contributed by atoms with van der Waals surface area (Å²) < 4.78 is 5.25. The molecule has 1 fully saturated rings. The SMILES string of the molecule is Cc1nc(C)c(C(=O)NC2CCCC2C#N)o1. The van der Waals surface area contributed by atoms with E-state index in [4.69, 9.17) is 9.68 Å². The van der Waals surface area contributed by atoms with Crippen molar-refractivity contribution in [1.29, 1.82) is 5.26 Å². The van der Waals surface area contributed by atoms with Gasteiger partial charge in [0.05, 0.1) is 17.7 Å². The smallest absolute Gasteiger partial charge is 0.289 e. The number of nitriles is 1. The lowest BCUT2D eigenvalue weighted by molar-refractivity contribution is 0.0902. The first kappa shape index (κ1) is 11.6. The average Bonchev–Trinajstić information content (AvgIpc) is 2.84. The van der Waals surface area contributed by atoms with Crippen LogP contribution in [0.4, 0.5) is 0 Å². The molecule has 5 nitrogen and oxygen atoms in total. The summed E-state index contributed by atoms with van der Waals surface area (Å²) in [5.74, 6) is 0.389. The number of aryl methyl sites for hydroxylation is 2. The quantitative estimate of drug-likeness (QED) is 0.843. The third-order valence-corrected chi connectivity index (χ3v) is 3.11. The molecule has 1 aromatic rings. The zero-order chi connectivity index (χ0) is 12.4. The van der Waals surface area contributed by atoms with E-state index in [9.17, 15) is 4.79 Å². The Morgan fingerprint density at radius 2 is 2.29 bits per heavy atom. The molecule has 5 heteroatoms. The third-order valence-electron chi connectivity index (χ3n) is 3.11. The van der Waals surface area contributed by atoms with E-state index < -0.39 is 0 Å². The molecule has 0 radical (unpaired) electrons. The number of carbonyl (C=O) groups excluding carboxylic acids is 1. The maximum atomic E-state index is 11.9. The van der Waals surface area contributed by atoms with Crippen molar-refractivity contribution < 1.29 is 9.21 Å². The zero-order valence-corrected chi connectivity index (χ0v) is 9.99. The predicted molar refractivity (Wildman–Crippen MR) is 60.2 cm³/mol. The maximum Gasteiger partial charge on any atom is 0.289 e. The highest BCUT2D eigenvalue weighted by atomic mass is 16.4. The summed E-state index contributed by atoms with van der Waals surface area (Å²) in [6.45, 7) is 3.44. The molecule has 0 aliphatic heterocycles. The van der Waals surface area contributed by atoms with Crippen LogP contribution >= 0.6 is 0 Å². The third kappa shape index (κ3) is 2.31. The molecule has 2 atom stereocenters. The number of carbonyl (C=O) groups is 1. The van der Waals surface area contributed by atoms with Gasteiger partial charge in [0.15, 0.2) is 5.89 Å². The van der Waals surface area contributed by atoms with Crippen LogP contribution in [0.5, 0.6) is 0 Å². The number of nitrogens with zero attached hydrogens (tertiary/aromatic N) is 2. The first-order valence-corrected chi connectivity index (χ1v) is 5.76. The molecule has 17 heavy (non-hydrogen) atoms. The van der Waals surface area contributed by atoms with Crippen LogP contribution < -0.4 is 5.32 Å². The first-order valence-electron chi connectivity index (χ1n) is 5.76. The summed E-state index contributed by atoms with van der Waals surface area (Å²) >= 11 is 0. The molecule has 1 saturated carbocycles. The van der Waals surface area contributed by atoms with E-state index in [1.807, 2.05) is 0 Å². The van der Waals surface area contributed by atoms with Crippen LogP contribution in [0.2, 0.25) is 0 Å². The molecular formula is C12H15N3O2. The number of hydrogen-bond donors (Lipinski definition) is 1. The number of nitrogens with one attached hydrogen (secondary N) is 1. The van der Waals surface area contributed by atoms with Gasteiger partial charge in [-0.2, -0.15) is 5.26 Å². The lowest BCUT2D eigenvalue weighted by Crippen LogP contribution is -2.37.